The average molecular weight is 236 g/mol. The molecule has 0 spiro atoms. The van der Waals surface area contributed by atoms with Crippen LogP contribution in [0.1, 0.15) is 32.1 Å². The van der Waals surface area contributed by atoms with Crippen LogP contribution in [0.3, 0.4) is 0 Å². The Morgan fingerprint density at radius 1 is 1.19 bits per heavy atom. The number of nitrogens with one attached hydrogen (secondary N) is 1. The van der Waals surface area contributed by atoms with Gasteiger partial charge < -0.3 is 10.2 Å². The molecule has 1 rings (SSSR count). The Balaban J connectivity index is 2.41. The van der Waals surface area contributed by atoms with Crippen molar-refractivity contribution in [3.05, 3.63) is 0 Å². The molecule has 0 radical (unpaired) electrons. The molecule has 4 nitrogen and oxygen atoms in total. The van der Waals surface area contributed by atoms with Gasteiger partial charge in [-0.15, -0.1) is 0 Å². The lowest BCUT2D eigenvalue weighted by Gasteiger charge is -2.28. The summed E-state index contributed by atoms with van der Waals surface area (Å²) in [5, 5.41) is 21.0. The van der Waals surface area contributed by atoms with E-state index in [1.165, 1.54) is 19.3 Å². The van der Waals surface area contributed by atoms with Crippen molar-refractivity contribution in [2.24, 2.45) is 0 Å². The van der Waals surface area contributed by atoms with Gasteiger partial charge in [-0.05, 0) is 25.1 Å². The predicted molar refractivity (Wildman–Crippen MR) is 65.4 cm³/mol. The van der Waals surface area contributed by atoms with E-state index >= 15 is 0 Å². The van der Waals surface area contributed by atoms with Gasteiger partial charge in [0.15, 0.2) is 5.11 Å². The zero-order chi connectivity index (χ0) is 11.8. The molecule has 0 bridgehead atoms. The quantitative estimate of drug-likeness (QED) is 0.595. The first-order valence-corrected chi connectivity index (χ1v) is 5.98. The van der Waals surface area contributed by atoms with E-state index in [-0.39, 0.29) is 13.1 Å². The normalized spacial score (nSPS) is 15.9. The Morgan fingerprint density at radius 2 is 1.75 bits per heavy atom. The number of hydrogen-bond acceptors (Lipinski definition) is 3. The fourth-order valence-corrected chi connectivity index (χ4v) is 2.18. The Bertz CT molecular complexity index is 293. The number of rotatable bonds is 3. The maximum atomic E-state index is 8.63. The molecule has 0 heterocycles. The number of nitrogens with zero attached hydrogens (tertiary/aromatic N) is 3. The van der Waals surface area contributed by atoms with Crippen LogP contribution in [-0.2, 0) is 0 Å². The summed E-state index contributed by atoms with van der Waals surface area (Å²) >= 11 is 5.20. The topological polar surface area (TPSA) is 62.9 Å². The molecule has 0 saturated heterocycles. The molecule has 0 aromatic carbocycles. The Kier molecular flexibility index (Phi) is 5.60. The highest BCUT2D eigenvalue weighted by atomic mass is 32.1. The van der Waals surface area contributed by atoms with Gasteiger partial charge in [0, 0.05) is 6.04 Å². The molecule has 5 heteroatoms. The first-order valence-electron chi connectivity index (χ1n) is 5.57. The summed E-state index contributed by atoms with van der Waals surface area (Å²) < 4.78 is 0. The summed E-state index contributed by atoms with van der Waals surface area (Å²) in [5.74, 6) is 0. The zero-order valence-electron chi connectivity index (χ0n) is 9.28. The molecule has 1 N–H and O–H groups in total. The van der Waals surface area contributed by atoms with Gasteiger partial charge >= 0.3 is 0 Å². The van der Waals surface area contributed by atoms with Crippen LogP contribution in [0.5, 0.6) is 0 Å². The molecule has 0 aromatic heterocycles. The second-order valence-corrected chi connectivity index (χ2v) is 4.34. The highest BCUT2D eigenvalue weighted by Crippen LogP contribution is 2.17. The van der Waals surface area contributed by atoms with Gasteiger partial charge in [0.1, 0.15) is 13.1 Å². The molecule has 0 amide bonds. The average Bonchev–Trinajstić information content (AvgIpc) is 2.30. The van der Waals surface area contributed by atoms with Crippen LogP contribution in [0.25, 0.3) is 0 Å². The molecule has 0 aliphatic heterocycles. The lowest BCUT2D eigenvalue weighted by atomic mass is 9.96. The molecule has 1 aliphatic carbocycles. The third kappa shape index (κ3) is 4.04. The van der Waals surface area contributed by atoms with Gasteiger partial charge in [-0.3, -0.25) is 0 Å². The van der Waals surface area contributed by atoms with Crippen LogP contribution >= 0.6 is 12.2 Å². The second-order valence-electron chi connectivity index (χ2n) is 3.96. The Labute approximate surface area is 102 Å². The summed E-state index contributed by atoms with van der Waals surface area (Å²) in [5.41, 5.74) is 0. The van der Waals surface area contributed by atoms with Crippen LogP contribution < -0.4 is 5.32 Å². The van der Waals surface area contributed by atoms with Crippen LogP contribution in [0.2, 0.25) is 0 Å². The van der Waals surface area contributed by atoms with Crippen LogP contribution in [0, 0.1) is 22.7 Å². The van der Waals surface area contributed by atoms with Crippen molar-refractivity contribution in [3.63, 3.8) is 0 Å². The molecule has 0 atom stereocenters. The molecule has 86 valence electrons. The monoisotopic (exact) mass is 236 g/mol. The molecule has 1 saturated carbocycles. The smallest absolute Gasteiger partial charge is 0.170 e. The minimum absolute atomic E-state index is 0.173. The van der Waals surface area contributed by atoms with E-state index in [1.807, 2.05) is 12.1 Å². The van der Waals surface area contributed by atoms with Gasteiger partial charge in [-0.1, -0.05) is 19.3 Å². The van der Waals surface area contributed by atoms with Crippen molar-refractivity contribution in [1.29, 1.82) is 10.5 Å². The van der Waals surface area contributed by atoms with Gasteiger partial charge in [-0.2, -0.15) is 10.5 Å². The molecule has 0 aromatic rings. The third-order valence-corrected chi connectivity index (χ3v) is 3.12. The summed E-state index contributed by atoms with van der Waals surface area (Å²) in [4.78, 5) is 1.60. The molecular formula is C11H16N4S. The van der Waals surface area contributed by atoms with E-state index in [2.05, 4.69) is 5.32 Å². The Hall–Kier alpha value is -1.33. The molecule has 0 unspecified atom stereocenters. The van der Waals surface area contributed by atoms with Gasteiger partial charge in [0.25, 0.3) is 0 Å². The van der Waals surface area contributed by atoms with Gasteiger partial charge in [0.05, 0.1) is 12.1 Å². The molecule has 1 aliphatic rings. The zero-order valence-corrected chi connectivity index (χ0v) is 10.1. The highest BCUT2D eigenvalue weighted by Gasteiger charge is 2.16. The maximum absolute atomic E-state index is 8.63. The first-order chi connectivity index (χ1) is 7.77. The number of hydrogen-bond donors (Lipinski definition) is 1. The predicted octanol–water partition coefficient (Wildman–Crippen LogP) is 1.54. The van der Waals surface area contributed by atoms with E-state index in [1.54, 1.807) is 4.90 Å². The summed E-state index contributed by atoms with van der Waals surface area (Å²) in [6.07, 6.45) is 6.03. The minimum atomic E-state index is 0.173. The summed E-state index contributed by atoms with van der Waals surface area (Å²) in [6.45, 7) is 0.345. The van der Waals surface area contributed by atoms with Crippen molar-refractivity contribution in [2.75, 3.05) is 13.1 Å². The van der Waals surface area contributed by atoms with Crippen molar-refractivity contribution < 1.29 is 0 Å². The van der Waals surface area contributed by atoms with Gasteiger partial charge in [0.2, 0.25) is 0 Å². The highest BCUT2D eigenvalue weighted by molar-refractivity contribution is 7.80. The molecule has 1 fully saturated rings. The van der Waals surface area contributed by atoms with Crippen LogP contribution in [0.4, 0.5) is 0 Å². The van der Waals surface area contributed by atoms with E-state index < -0.39 is 0 Å². The van der Waals surface area contributed by atoms with Crippen LogP contribution in [0.15, 0.2) is 0 Å². The van der Waals surface area contributed by atoms with E-state index in [9.17, 15) is 0 Å². The van der Waals surface area contributed by atoms with Crippen molar-refractivity contribution in [3.8, 4) is 12.1 Å². The largest absolute Gasteiger partial charge is 0.360 e. The Morgan fingerprint density at radius 3 is 2.25 bits per heavy atom. The van der Waals surface area contributed by atoms with Crippen LogP contribution in [-0.4, -0.2) is 29.1 Å². The van der Waals surface area contributed by atoms with Crippen molar-refractivity contribution >= 4 is 17.3 Å². The van der Waals surface area contributed by atoms with Crippen molar-refractivity contribution in [1.82, 2.24) is 10.2 Å². The second kappa shape index (κ2) is 7.03. The van der Waals surface area contributed by atoms with E-state index in [4.69, 9.17) is 22.7 Å². The maximum Gasteiger partial charge on any atom is 0.170 e. The standard InChI is InChI=1S/C11H16N4S/c12-6-8-15(9-7-13)11(16)14-10-4-2-1-3-5-10/h10H,1-5,8-9H2,(H,14,16). The summed E-state index contributed by atoms with van der Waals surface area (Å²) in [6, 6.07) is 4.45. The fraction of sp³-hybridized carbons (Fsp3) is 0.727. The number of thiocarbonyl (C=S) groups is 1. The lowest BCUT2D eigenvalue weighted by Crippen LogP contribution is -2.45. The van der Waals surface area contributed by atoms with Crippen molar-refractivity contribution in [2.45, 2.75) is 38.1 Å². The third-order valence-electron chi connectivity index (χ3n) is 2.74. The number of nitriles is 2. The van der Waals surface area contributed by atoms with E-state index in [0.717, 1.165) is 12.8 Å². The summed E-state index contributed by atoms with van der Waals surface area (Å²) in [7, 11) is 0. The van der Waals surface area contributed by atoms with E-state index in [0.29, 0.717) is 11.2 Å². The lowest BCUT2D eigenvalue weighted by molar-refractivity contribution is 0.395. The SMILES string of the molecule is N#CCN(CC#N)C(=S)NC1CCCCC1. The molecular weight excluding hydrogens is 220 g/mol. The molecule has 16 heavy (non-hydrogen) atoms. The fourth-order valence-electron chi connectivity index (χ4n) is 1.88. The minimum Gasteiger partial charge on any atom is -0.360 e. The van der Waals surface area contributed by atoms with Gasteiger partial charge in [-0.25, -0.2) is 0 Å². The first kappa shape index (κ1) is 12.7.